The van der Waals surface area contributed by atoms with E-state index >= 15 is 0 Å². The van der Waals surface area contributed by atoms with Crippen LogP contribution in [-0.4, -0.2) is 39.4 Å². The normalized spacial score (nSPS) is 11.9. The standard InChI is InChI=1S/C15H25NO2.2ClH.Zr/c1-14(2,17)11-16(12-15(3,4)18)10-13-8-6-5-7-9-13;;;/h5-9,17-18H,10-12H2,1-4H3;2*1H;/q;;;+2/p-2. The molecular formula is C15H25Cl2NO2Zr. The van der Waals surface area contributed by atoms with Gasteiger partial charge in [0.25, 0.3) is 0 Å². The summed E-state index contributed by atoms with van der Waals surface area (Å²) in [7, 11) is 9.87. The summed E-state index contributed by atoms with van der Waals surface area (Å²) in [6, 6.07) is 10.1. The van der Waals surface area contributed by atoms with Gasteiger partial charge in [-0.25, -0.2) is 0 Å². The second-order valence-corrected chi connectivity index (χ2v) is 10.1. The zero-order chi connectivity index (χ0) is 16.5. The van der Waals surface area contributed by atoms with Crippen LogP contribution in [0, 0.1) is 0 Å². The zero-order valence-corrected chi connectivity index (χ0v) is 17.1. The first kappa shape index (κ1) is 21.6. The van der Waals surface area contributed by atoms with E-state index in [9.17, 15) is 10.2 Å². The molecule has 1 rings (SSSR count). The van der Waals surface area contributed by atoms with Gasteiger partial charge >= 0.3 is 37.9 Å². The van der Waals surface area contributed by atoms with Crippen LogP contribution < -0.4 is 0 Å². The predicted octanol–water partition coefficient (Wildman–Crippen LogP) is 3.41. The summed E-state index contributed by atoms with van der Waals surface area (Å²) in [5.41, 5.74) is -0.342. The Labute approximate surface area is 146 Å². The number of hydrogen-bond acceptors (Lipinski definition) is 3. The molecule has 0 saturated carbocycles. The van der Waals surface area contributed by atoms with E-state index in [0.29, 0.717) is 13.1 Å². The van der Waals surface area contributed by atoms with Crippen molar-refractivity contribution in [2.45, 2.75) is 45.4 Å². The van der Waals surface area contributed by atoms with Crippen LogP contribution in [0.25, 0.3) is 0 Å². The van der Waals surface area contributed by atoms with Crippen LogP contribution in [0.15, 0.2) is 30.3 Å². The van der Waals surface area contributed by atoms with Gasteiger partial charge in [0.2, 0.25) is 0 Å². The van der Waals surface area contributed by atoms with Crippen LogP contribution in [0.4, 0.5) is 0 Å². The molecule has 0 bridgehead atoms. The average molecular weight is 414 g/mol. The van der Waals surface area contributed by atoms with Gasteiger partial charge in [-0.2, -0.15) is 0 Å². The molecule has 0 heterocycles. The van der Waals surface area contributed by atoms with E-state index in [0.717, 1.165) is 6.54 Å². The number of nitrogens with zero attached hydrogens (tertiary/aromatic N) is 1. The Kier molecular flexibility index (Phi) is 10.6. The fraction of sp³-hybridized carbons (Fsp3) is 0.600. The molecule has 0 fully saturated rings. The van der Waals surface area contributed by atoms with Crippen molar-refractivity contribution < 1.29 is 31.1 Å². The first-order chi connectivity index (χ1) is 9.57. The number of aliphatic hydroxyl groups is 2. The number of halogens is 2. The molecule has 0 aliphatic rings. The van der Waals surface area contributed by atoms with Gasteiger partial charge in [0.15, 0.2) is 0 Å². The molecule has 2 N–H and O–H groups in total. The molecule has 0 unspecified atom stereocenters. The molecule has 0 aromatic heterocycles. The van der Waals surface area contributed by atoms with Gasteiger partial charge in [-0.15, -0.1) is 0 Å². The Morgan fingerprint density at radius 2 is 1.33 bits per heavy atom. The minimum absolute atomic E-state index is 0.534. The molecular weight excluding hydrogens is 388 g/mol. The van der Waals surface area contributed by atoms with Gasteiger partial charge in [0.05, 0.1) is 11.2 Å². The molecule has 0 amide bonds. The van der Waals surface area contributed by atoms with Crippen LogP contribution in [0.1, 0.15) is 33.3 Å². The minimum atomic E-state index is -0.826. The molecule has 120 valence electrons. The quantitative estimate of drug-likeness (QED) is 0.751. The van der Waals surface area contributed by atoms with E-state index in [2.05, 4.69) is 17.0 Å². The topological polar surface area (TPSA) is 43.7 Å². The zero-order valence-electron chi connectivity index (χ0n) is 13.1. The van der Waals surface area contributed by atoms with Crippen molar-refractivity contribution in [3.8, 4) is 0 Å². The van der Waals surface area contributed by atoms with Crippen LogP contribution in [0.2, 0.25) is 0 Å². The molecule has 0 radical (unpaired) electrons. The van der Waals surface area contributed by atoms with E-state index in [4.69, 9.17) is 17.0 Å². The van der Waals surface area contributed by atoms with Crippen molar-refractivity contribution in [2.75, 3.05) is 13.1 Å². The third kappa shape index (κ3) is 13.9. The molecule has 3 nitrogen and oxygen atoms in total. The van der Waals surface area contributed by atoms with E-state index in [1.54, 1.807) is 27.7 Å². The molecule has 21 heavy (non-hydrogen) atoms. The predicted molar refractivity (Wildman–Crippen MR) is 86.0 cm³/mol. The van der Waals surface area contributed by atoms with Crippen molar-refractivity contribution in [1.29, 1.82) is 0 Å². The van der Waals surface area contributed by atoms with Crippen molar-refractivity contribution in [2.24, 2.45) is 0 Å². The summed E-state index contributed by atoms with van der Waals surface area (Å²) in [4.78, 5) is 2.08. The van der Waals surface area contributed by atoms with Crippen LogP contribution in [-0.2, 0) is 27.4 Å². The maximum absolute atomic E-state index is 9.94. The first-order valence-corrected chi connectivity index (χ1v) is 13.1. The molecule has 1 aromatic carbocycles. The molecule has 6 heteroatoms. The van der Waals surface area contributed by atoms with Gasteiger partial charge in [-0.3, -0.25) is 4.90 Å². The molecule has 0 aliphatic heterocycles. The van der Waals surface area contributed by atoms with Gasteiger partial charge in [0.1, 0.15) is 0 Å². The fourth-order valence-corrected chi connectivity index (χ4v) is 2.10. The third-order valence-corrected chi connectivity index (χ3v) is 2.47. The fourth-order valence-electron chi connectivity index (χ4n) is 2.10. The number of rotatable bonds is 6. The SMILES string of the molecule is CC(C)(O)CN(Cc1ccccc1)CC(C)(C)O.[Cl][Zr][Cl]. The third-order valence-electron chi connectivity index (χ3n) is 2.47. The van der Waals surface area contributed by atoms with Crippen molar-refractivity contribution >= 4 is 17.0 Å². The van der Waals surface area contributed by atoms with Gasteiger partial charge in [0, 0.05) is 19.6 Å². The van der Waals surface area contributed by atoms with E-state index in [-0.39, 0.29) is 0 Å². The second-order valence-electron chi connectivity index (χ2n) is 6.33. The Morgan fingerprint density at radius 1 is 0.952 bits per heavy atom. The molecule has 0 saturated heterocycles. The molecule has 1 aromatic rings. The van der Waals surface area contributed by atoms with Crippen molar-refractivity contribution in [3.05, 3.63) is 35.9 Å². The maximum atomic E-state index is 9.94. The van der Waals surface area contributed by atoms with Crippen molar-refractivity contribution in [1.82, 2.24) is 4.90 Å². The summed E-state index contributed by atoms with van der Waals surface area (Å²) in [5.74, 6) is 0. The van der Waals surface area contributed by atoms with Crippen LogP contribution >= 0.6 is 17.0 Å². The van der Waals surface area contributed by atoms with E-state index in [1.807, 2.05) is 18.2 Å². The second kappa shape index (κ2) is 10.4. The first-order valence-electron chi connectivity index (χ1n) is 6.75. The number of benzene rings is 1. The number of hydrogen-bond donors (Lipinski definition) is 2. The molecule has 0 aliphatic carbocycles. The Bertz CT molecular complexity index is 362. The Morgan fingerprint density at radius 3 is 1.67 bits per heavy atom. The summed E-state index contributed by atoms with van der Waals surface area (Å²) < 4.78 is 0. The Balaban J connectivity index is 0.00000122. The average Bonchev–Trinajstić information content (AvgIpc) is 2.26. The van der Waals surface area contributed by atoms with Gasteiger partial charge < -0.3 is 10.2 Å². The van der Waals surface area contributed by atoms with Gasteiger partial charge in [-0.1, -0.05) is 30.3 Å². The van der Waals surface area contributed by atoms with Gasteiger partial charge in [-0.05, 0) is 33.3 Å². The summed E-state index contributed by atoms with van der Waals surface area (Å²) in [5, 5.41) is 19.9. The summed E-state index contributed by atoms with van der Waals surface area (Å²) in [6.07, 6.45) is 0. The van der Waals surface area contributed by atoms with Crippen LogP contribution in [0.3, 0.4) is 0 Å². The molecule has 0 spiro atoms. The van der Waals surface area contributed by atoms with Crippen LogP contribution in [0.5, 0.6) is 0 Å². The Hall–Kier alpha value is 0.563. The van der Waals surface area contributed by atoms with Crippen molar-refractivity contribution in [3.63, 3.8) is 0 Å². The monoisotopic (exact) mass is 411 g/mol. The van der Waals surface area contributed by atoms with E-state index in [1.165, 1.54) is 5.56 Å². The molecule has 0 atom stereocenters. The van der Waals surface area contributed by atoms with E-state index < -0.39 is 32.1 Å². The summed E-state index contributed by atoms with van der Waals surface area (Å²) in [6.45, 7) is 8.95. The summed E-state index contributed by atoms with van der Waals surface area (Å²) >= 11 is -0.826.